The third kappa shape index (κ3) is 3.86. The highest BCUT2D eigenvalue weighted by Gasteiger charge is 2.38. The minimum absolute atomic E-state index is 0.0261. The molecule has 2 fully saturated rings. The van der Waals surface area contributed by atoms with E-state index in [9.17, 15) is 14.4 Å². The molecule has 2 unspecified atom stereocenters. The van der Waals surface area contributed by atoms with Crippen LogP contribution in [0.4, 0.5) is 4.79 Å². The topological polar surface area (TPSA) is 113 Å². The smallest absolute Gasteiger partial charge is 0.326 e. The molecule has 0 radical (unpaired) electrons. The van der Waals surface area contributed by atoms with Crippen molar-refractivity contribution >= 4 is 17.9 Å². The van der Waals surface area contributed by atoms with Gasteiger partial charge < -0.3 is 21.1 Å². The van der Waals surface area contributed by atoms with Crippen LogP contribution in [0.25, 0.3) is 0 Å². The second-order valence-electron chi connectivity index (χ2n) is 5.94. The van der Waals surface area contributed by atoms with Gasteiger partial charge in [-0.05, 0) is 38.0 Å². The predicted octanol–water partition coefficient (Wildman–Crippen LogP) is 0.679. The Hall–Kier alpha value is -1.79. The molecule has 118 valence electrons. The lowest BCUT2D eigenvalue weighted by molar-refractivity contribution is -0.139. The average Bonchev–Trinajstić information content (AvgIpc) is 2.90. The number of aliphatic carboxylic acids is 1. The maximum Gasteiger partial charge on any atom is 0.326 e. The van der Waals surface area contributed by atoms with Crippen molar-refractivity contribution in [1.82, 2.24) is 10.2 Å². The van der Waals surface area contributed by atoms with Crippen molar-refractivity contribution in [2.24, 2.45) is 11.7 Å². The number of carbonyl (C=O) groups excluding carboxylic acids is 2. The van der Waals surface area contributed by atoms with E-state index in [0.29, 0.717) is 12.5 Å². The summed E-state index contributed by atoms with van der Waals surface area (Å²) in [6.45, 7) is 0.676. The lowest BCUT2D eigenvalue weighted by atomic mass is 9.92. The SMILES string of the molecule is NC(=O)CC[C@H](NC(=O)N1CCCC2CCCC21)C(=O)O. The van der Waals surface area contributed by atoms with Gasteiger partial charge in [0.05, 0.1) is 0 Å². The van der Waals surface area contributed by atoms with E-state index >= 15 is 0 Å². The number of nitrogens with zero attached hydrogens (tertiary/aromatic N) is 1. The second-order valence-corrected chi connectivity index (χ2v) is 5.94. The van der Waals surface area contributed by atoms with Crippen molar-refractivity contribution in [2.75, 3.05) is 6.54 Å². The first kappa shape index (κ1) is 15.6. The Labute approximate surface area is 123 Å². The van der Waals surface area contributed by atoms with Crippen molar-refractivity contribution < 1.29 is 19.5 Å². The molecule has 0 aromatic heterocycles. The van der Waals surface area contributed by atoms with Crippen LogP contribution in [0.2, 0.25) is 0 Å². The van der Waals surface area contributed by atoms with Crippen molar-refractivity contribution in [3.05, 3.63) is 0 Å². The van der Waals surface area contributed by atoms with Crippen LogP contribution in [-0.4, -0.2) is 46.5 Å². The molecule has 0 bridgehead atoms. The summed E-state index contributed by atoms with van der Waals surface area (Å²) < 4.78 is 0. The number of amides is 3. The summed E-state index contributed by atoms with van der Waals surface area (Å²) in [5, 5.41) is 11.7. The second kappa shape index (κ2) is 6.78. The van der Waals surface area contributed by atoms with Gasteiger partial charge in [-0.25, -0.2) is 9.59 Å². The molecule has 7 heteroatoms. The molecular formula is C14H23N3O4. The molecule has 1 aliphatic heterocycles. The van der Waals surface area contributed by atoms with Crippen LogP contribution in [0.5, 0.6) is 0 Å². The maximum absolute atomic E-state index is 12.3. The van der Waals surface area contributed by atoms with E-state index in [1.807, 2.05) is 0 Å². The lowest BCUT2D eigenvalue weighted by Crippen LogP contribution is -2.54. The van der Waals surface area contributed by atoms with Gasteiger partial charge in [0.2, 0.25) is 5.91 Å². The van der Waals surface area contributed by atoms with Gasteiger partial charge >= 0.3 is 12.0 Å². The molecule has 0 aromatic carbocycles. The van der Waals surface area contributed by atoms with Crippen molar-refractivity contribution in [3.8, 4) is 0 Å². The van der Waals surface area contributed by atoms with Crippen molar-refractivity contribution in [3.63, 3.8) is 0 Å². The van der Waals surface area contributed by atoms with Gasteiger partial charge in [0.15, 0.2) is 0 Å². The number of nitrogens with two attached hydrogens (primary N) is 1. The molecule has 1 saturated heterocycles. The summed E-state index contributed by atoms with van der Waals surface area (Å²) in [6.07, 6.45) is 5.37. The Morgan fingerprint density at radius 3 is 2.62 bits per heavy atom. The normalized spacial score (nSPS) is 26.0. The minimum atomic E-state index is -1.13. The third-order valence-electron chi connectivity index (χ3n) is 4.53. The first-order valence-electron chi connectivity index (χ1n) is 7.57. The first-order chi connectivity index (χ1) is 9.99. The van der Waals surface area contributed by atoms with Crippen LogP contribution in [0.3, 0.4) is 0 Å². The van der Waals surface area contributed by atoms with E-state index in [-0.39, 0.29) is 24.9 Å². The number of carbonyl (C=O) groups is 3. The standard InChI is InChI=1S/C14H23N3O4/c15-12(18)7-6-10(13(19)20)16-14(21)17-8-2-4-9-3-1-5-11(9)17/h9-11H,1-8H2,(H2,15,18)(H,16,21)(H,19,20)/t9?,10-,11?/m0/s1. The van der Waals surface area contributed by atoms with E-state index in [1.54, 1.807) is 4.90 Å². The molecule has 0 spiro atoms. The van der Waals surface area contributed by atoms with Gasteiger partial charge in [-0.2, -0.15) is 0 Å². The quantitative estimate of drug-likeness (QED) is 0.692. The average molecular weight is 297 g/mol. The Balaban J connectivity index is 1.94. The summed E-state index contributed by atoms with van der Waals surface area (Å²) in [4.78, 5) is 36.1. The van der Waals surface area contributed by atoms with Crippen LogP contribution < -0.4 is 11.1 Å². The number of hydrogen-bond acceptors (Lipinski definition) is 3. The van der Waals surface area contributed by atoms with E-state index in [4.69, 9.17) is 10.8 Å². The summed E-state index contributed by atoms with van der Waals surface area (Å²) in [5.74, 6) is -1.15. The lowest BCUT2D eigenvalue weighted by Gasteiger charge is -2.38. The molecule has 7 nitrogen and oxygen atoms in total. The van der Waals surface area contributed by atoms with E-state index in [0.717, 1.165) is 32.1 Å². The van der Waals surface area contributed by atoms with Gasteiger partial charge in [0.1, 0.15) is 6.04 Å². The summed E-state index contributed by atoms with van der Waals surface area (Å²) >= 11 is 0. The zero-order chi connectivity index (χ0) is 15.4. The molecule has 21 heavy (non-hydrogen) atoms. The van der Waals surface area contributed by atoms with E-state index in [2.05, 4.69) is 5.32 Å². The van der Waals surface area contributed by atoms with Crippen molar-refractivity contribution in [1.29, 1.82) is 0 Å². The molecule has 1 saturated carbocycles. The number of hydrogen-bond donors (Lipinski definition) is 3. The molecule has 3 atom stereocenters. The monoisotopic (exact) mass is 297 g/mol. The maximum atomic E-state index is 12.3. The fraction of sp³-hybridized carbons (Fsp3) is 0.786. The number of piperidine rings is 1. The number of carboxylic acid groups (broad SMARTS) is 1. The number of fused-ring (bicyclic) bond motifs is 1. The van der Waals surface area contributed by atoms with Gasteiger partial charge in [-0.3, -0.25) is 4.79 Å². The fourth-order valence-electron chi connectivity index (χ4n) is 3.48. The number of rotatable bonds is 5. The van der Waals surface area contributed by atoms with Crippen molar-refractivity contribution in [2.45, 2.75) is 57.0 Å². The molecule has 4 N–H and O–H groups in total. The minimum Gasteiger partial charge on any atom is -0.480 e. The van der Waals surface area contributed by atoms with Gasteiger partial charge in [0.25, 0.3) is 0 Å². The van der Waals surface area contributed by atoms with Crippen LogP contribution in [0, 0.1) is 5.92 Å². The van der Waals surface area contributed by atoms with Crippen LogP contribution in [0.1, 0.15) is 44.9 Å². The van der Waals surface area contributed by atoms with Gasteiger partial charge in [0, 0.05) is 19.0 Å². The molecule has 3 amide bonds. The number of likely N-dealkylation sites (tertiary alicyclic amines) is 1. The number of urea groups is 1. The van der Waals surface area contributed by atoms with Crippen LogP contribution in [0.15, 0.2) is 0 Å². The summed E-state index contributed by atoms with van der Waals surface area (Å²) in [5.41, 5.74) is 5.03. The summed E-state index contributed by atoms with van der Waals surface area (Å²) in [7, 11) is 0. The molecule has 2 rings (SSSR count). The van der Waals surface area contributed by atoms with Gasteiger partial charge in [-0.1, -0.05) is 6.42 Å². The Morgan fingerprint density at radius 2 is 1.95 bits per heavy atom. The zero-order valence-corrected chi connectivity index (χ0v) is 12.1. The molecule has 1 heterocycles. The molecule has 2 aliphatic rings. The van der Waals surface area contributed by atoms with E-state index in [1.165, 1.54) is 0 Å². The summed E-state index contributed by atoms with van der Waals surface area (Å²) in [6, 6.07) is -1.15. The molecule has 1 aliphatic carbocycles. The highest BCUT2D eigenvalue weighted by atomic mass is 16.4. The van der Waals surface area contributed by atoms with Crippen LogP contribution in [-0.2, 0) is 9.59 Å². The molecular weight excluding hydrogens is 274 g/mol. The van der Waals surface area contributed by atoms with Crippen LogP contribution >= 0.6 is 0 Å². The number of carboxylic acids is 1. The fourth-order valence-corrected chi connectivity index (χ4v) is 3.48. The highest BCUT2D eigenvalue weighted by molar-refractivity contribution is 5.83. The predicted molar refractivity (Wildman–Crippen MR) is 75.5 cm³/mol. The third-order valence-corrected chi connectivity index (χ3v) is 4.53. The van der Waals surface area contributed by atoms with Gasteiger partial charge in [-0.15, -0.1) is 0 Å². The number of nitrogens with one attached hydrogen (secondary N) is 1. The zero-order valence-electron chi connectivity index (χ0n) is 12.1. The highest BCUT2D eigenvalue weighted by Crippen LogP contribution is 2.36. The largest absolute Gasteiger partial charge is 0.480 e. The van der Waals surface area contributed by atoms with E-state index < -0.39 is 17.9 Å². The Morgan fingerprint density at radius 1 is 1.24 bits per heavy atom. The number of primary amides is 1. The first-order valence-corrected chi connectivity index (χ1v) is 7.57. The molecule has 0 aromatic rings. The Kier molecular flexibility index (Phi) is 5.03. The Bertz CT molecular complexity index is 426.